The first-order valence-corrected chi connectivity index (χ1v) is 25.9. The average molecular weight is 1080 g/mol. The van der Waals surface area contributed by atoms with Gasteiger partial charge in [-0.05, 0) is 82.1 Å². The summed E-state index contributed by atoms with van der Waals surface area (Å²) in [4.78, 5) is 102. The molecule has 2 unspecified atom stereocenters. The van der Waals surface area contributed by atoms with Crippen molar-refractivity contribution in [3.63, 3.8) is 0 Å². The molecule has 7 rings (SSSR count). The maximum atomic E-state index is 13.1. The van der Waals surface area contributed by atoms with Crippen LogP contribution in [0.2, 0.25) is 0 Å². The van der Waals surface area contributed by atoms with Crippen LogP contribution >= 0.6 is 0 Å². The van der Waals surface area contributed by atoms with Gasteiger partial charge in [-0.3, -0.25) is 63.0 Å². The molecule has 3 aromatic carbocycles. The van der Waals surface area contributed by atoms with Gasteiger partial charge in [0.25, 0.3) is 45.6 Å². The van der Waals surface area contributed by atoms with Crippen molar-refractivity contribution < 1.29 is 94.0 Å². The number of benzene rings is 3. The molecule has 0 spiro atoms. The second-order valence-corrected chi connectivity index (χ2v) is 19.4. The topological polar surface area (TPSA) is 305 Å². The third kappa shape index (κ3) is 14.9. The van der Waals surface area contributed by atoms with Gasteiger partial charge in [-0.15, -0.1) is 0 Å². The molecule has 0 aromatic heterocycles. The van der Waals surface area contributed by atoms with Gasteiger partial charge in [-0.25, -0.2) is 0 Å². The van der Waals surface area contributed by atoms with Crippen LogP contribution in [0.25, 0.3) is 0 Å². The van der Waals surface area contributed by atoms with E-state index in [0.29, 0.717) is 64.4 Å². The maximum absolute atomic E-state index is 13.1. The van der Waals surface area contributed by atoms with Gasteiger partial charge in [-0.1, -0.05) is 17.7 Å². The quantitative estimate of drug-likeness (QED) is 0.0504. The molecular formula is C51H62N4O20S. The number of amides is 8. The van der Waals surface area contributed by atoms with Gasteiger partial charge >= 0.3 is 0 Å². The number of imide groups is 4. The highest BCUT2D eigenvalue weighted by Crippen LogP contribution is 2.37. The van der Waals surface area contributed by atoms with E-state index in [0.717, 1.165) is 15.4 Å². The zero-order chi connectivity index (χ0) is 54.9. The summed E-state index contributed by atoms with van der Waals surface area (Å²) < 4.78 is 72.4. The van der Waals surface area contributed by atoms with Crippen LogP contribution in [-0.4, -0.2) is 187 Å². The third-order valence-electron chi connectivity index (χ3n) is 12.4. The minimum atomic E-state index is -3.82. The fourth-order valence-electron chi connectivity index (χ4n) is 8.09. The van der Waals surface area contributed by atoms with Crippen LogP contribution in [-0.2, 0) is 61.9 Å². The number of piperidine rings is 2. The molecule has 8 amide bonds. The average Bonchev–Trinajstić information content (AvgIpc) is 3.88. The highest BCUT2D eigenvalue weighted by molar-refractivity contribution is 7.86. The molecule has 3 aromatic rings. The summed E-state index contributed by atoms with van der Waals surface area (Å²) >= 11 is 0. The lowest BCUT2D eigenvalue weighted by molar-refractivity contribution is -0.142. The van der Waals surface area contributed by atoms with Gasteiger partial charge < -0.3 is 43.0 Å². The number of rotatable bonds is 29. The van der Waals surface area contributed by atoms with Crippen molar-refractivity contribution in [3.8, 4) is 11.5 Å². The van der Waals surface area contributed by atoms with E-state index < -0.39 is 68.5 Å². The first-order chi connectivity index (χ1) is 36.4. The molecular weight excluding hydrogens is 1020 g/mol. The van der Waals surface area contributed by atoms with Crippen molar-refractivity contribution in [3.05, 3.63) is 88.5 Å². The van der Waals surface area contributed by atoms with Gasteiger partial charge in [0.15, 0.2) is 0 Å². The largest absolute Gasteiger partial charge is 0.491 e. The molecule has 2 saturated heterocycles. The molecule has 412 valence electrons. The molecule has 4 aliphatic rings. The predicted octanol–water partition coefficient (Wildman–Crippen LogP) is 1.52. The molecule has 2 fully saturated rings. The molecule has 3 N–H and O–H groups in total. The van der Waals surface area contributed by atoms with E-state index in [2.05, 4.69) is 10.6 Å². The summed E-state index contributed by atoms with van der Waals surface area (Å²) in [7, 11) is -3.82. The van der Waals surface area contributed by atoms with E-state index in [4.69, 9.17) is 47.2 Å². The van der Waals surface area contributed by atoms with E-state index in [1.807, 2.05) is 6.92 Å². The van der Waals surface area contributed by atoms with Crippen molar-refractivity contribution in [2.45, 2.75) is 62.4 Å². The number of aryl methyl sites for hydroxylation is 1. The first kappa shape index (κ1) is 58.7. The Kier molecular flexibility index (Phi) is 21.2. The lowest BCUT2D eigenvalue weighted by Gasteiger charge is -2.38. The van der Waals surface area contributed by atoms with Crippen molar-refractivity contribution in [2.75, 3.05) is 106 Å². The molecule has 4 aliphatic heterocycles. The second kappa shape index (κ2) is 27.5. The van der Waals surface area contributed by atoms with E-state index in [1.54, 1.807) is 24.3 Å². The number of nitrogens with one attached hydrogen (secondary N) is 2. The number of fused-ring (bicyclic) bond motifs is 2. The molecule has 76 heavy (non-hydrogen) atoms. The molecule has 24 nitrogen and oxygen atoms in total. The van der Waals surface area contributed by atoms with Crippen molar-refractivity contribution >= 4 is 57.4 Å². The Morgan fingerprint density at radius 1 is 0.487 bits per heavy atom. The predicted molar refractivity (Wildman–Crippen MR) is 263 cm³/mol. The molecule has 0 radical (unpaired) electrons. The molecule has 4 heterocycles. The number of hydrogen-bond acceptors (Lipinski definition) is 20. The van der Waals surface area contributed by atoms with Crippen LogP contribution in [0.4, 0.5) is 0 Å². The normalized spacial score (nSPS) is 19.3. The lowest BCUT2D eigenvalue weighted by Crippen LogP contribution is -2.62. The number of ether oxygens (including phenoxy) is 8. The minimum Gasteiger partial charge on any atom is -0.491 e. The molecule has 2 atom stereocenters. The summed E-state index contributed by atoms with van der Waals surface area (Å²) in [6.45, 7) is 8.78. The lowest BCUT2D eigenvalue weighted by atomic mass is 9.89. The van der Waals surface area contributed by atoms with Crippen LogP contribution in [0.5, 0.6) is 11.5 Å². The monoisotopic (exact) mass is 1080 g/mol. The van der Waals surface area contributed by atoms with Gasteiger partial charge in [0.1, 0.15) is 35.8 Å². The summed E-state index contributed by atoms with van der Waals surface area (Å²) in [6, 6.07) is 15.4. The smallest absolute Gasteiger partial charge is 0.297 e. The summed E-state index contributed by atoms with van der Waals surface area (Å²) in [5.74, 6) is -3.82. The van der Waals surface area contributed by atoms with E-state index in [-0.39, 0.29) is 106 Å². The SMILES string of the molecule is CC1(N2C(=O)c3ccc(OCCOCCOCCOCCO)cc3C2=O)CCC(=O)NC1=O.Cc1ccc(S(=O)(=O)OCCOCCOCCOCCOc2ccc3c(c2)C(=O)N(C2(C)CCC(=O)NC2=O)C3=O)cc1. The van der Waals surface area contributed by atoms with Crippen LogP contribution < -0.4 is 20.1 Å². The Labute approximate surface area is 438 Å². The maximum Gasteiger partial charge on any atom is 0.297 e. The van der Waals surface area contributed by atoms with Crippen LogP contribution in [0.15, 0.2) is 65.6 Å². The van der Waals surface area contributed by atoms with Gasteiger partial charge in [0.2, 0.25) is 11.8 Å². The van der Waals surface area contributed by atoms with Crippen LogP contribution in [0.3, 0.4) is 0 Å². The van der Waals surface area contributed by atoms with E-state index in [9.17, 15) is 46.8 Å². The van der Waals surface area contributed by atoms with Crippen LogP contribution in [0, 0.1) is 6.92 Å². The fraction of sp³-hybridized carbons (Fsp3) is 0.490. The number of carbonyl (C=O) groups is 8. The van der Waals surface area contributed by atoms with Gasteiger partial charge in [0.05, 0.1) is 120 Å². The summed E-state index contributed by atoms with van der Waals surface area (Å²) in [6.07, 6.45) is 0.203. The Balaban J connectivity index is 0.000000255. The van der Waals surface area contributed by atoms with Crippen LogP contribution in [0.1, 0.15) is 86.5 Å². The summed E-state index contributed by atoms with van der Waals surface area (Å²) in [5, 5.41) is 13.0. The Morgan fingerprint density at radius 2 is 0.842 bits per heavy atom. The highest BCUT2D eigenvalue weighted by atomic mass is 32.2. The van der Waals surface area contributed by atoms with Crippen molar-refractivity contribution in [1.29, 1.82) is 0 Å². The Bertz CT molecular complexity index is 2720. The zero-order valence-electron chi connectivity index (χ0n) is 42.4. The Morgan fingerprint density at radius 3 is 1.22 bits per heavy atom. The van der Waals surface area contributed by atoms with Crippen molar-refractivity contribution in [1.82, 2.24) is 20.4 Å². The Hall–Kier alpha value is -6.55. The zero-order valence-corrected chi connectivity index (χ0v) is 43.2. The molecule has 0 aliphatic carbocycles. The first-order valence-electron chi connectivity index (χ1n) is 24.4. The molecule has 0 bridgehead atoms. The molecule has 25 heteroatoms. The van der Waals surface area contributed by atoms with Gasteiger partial charge in [-0.2, -0.15) is 8.42 Å². The third-order valence-corrected chi connectivity index (χ3v) is 13.7. The number of hydrogen-bond donors (Lipinski definition) is 3. The number of nitrogens with zero attached hydrogens (tertiary/aromatic N) is 2. The summed E-state index contributed by atoms with van der Waals surface area (Å²) in [5.41, 5.74) is -1.29. The molecule has 0 saturated carbocycles. The van der Waals surface area contributed by atoms with Crippen molar-refractivity contribution in [2.24, 2.45) is 0 Å². The van der Waals surface area contributed by atoms with Gasteiger partial charge in [0, 0.05) is 12.8 Å². The number of aliphatic hydroxyl groups excluding tert-OH is 1. The van der Waals surface area contributed by atoms with E-state index in [1.165, 1.54) is 50.2 Å². The second-order valence-electron chi connectivity index (χ2n) is 17.8. The van der Waals surface area contributed by atoms with E-state index >= 15 is 0 Å². The number of aliphatic hydroxyl groups is 1. The fourth-order valence-corrected chi connectivity index (χ4v) is 8.98. The number of carbonyl (C=O) groups excluding carboxylic acids is 8. The minimum absolute atomic E-state index is 0.0191. The standard InChI is InChI=1S/C29H34N2O11S.C22H28N2O9/c1-20-3-6-22(7-4-20)43(36,37)42-18-16-40-14-12-38-11-13-39-15-17-41-21-5-8-23-24(19-21)27(34)31(26(23)33)29(2)10-9-25(32)30-28(29)35;1-22(5-4-18(26)23-21(22)29)24-19(27)16-3-2-15(14-17(16)20(24)28)33-13-12-32-11-10-31-9-8-30-7-6-25/h3-8,19H,9-18H2,1-2H3,(H,30,32,35);2-3,14,25H,4-13H2,1H3,(H,23,26,29). The highest BCUT2D eigenvalue weighted by Gasteiger charge is 2.54.